The maximum Gasteiger partial charge on any atom is 0.220 e. The van der Waals surface area contributed by atoms with Crippen molar-refractivity contribution < 1.29 is 64.6 Å². The van der Waals surface area contributed by atoms with Gasteiger partial charge in [0.1, 0.15) is 48.8 Å². The first kappa shape index (κ1) is 56.6. The van der Waals surface area contributed by atoms with Gasteiger partial charge in [-0.25, -0.2) is 0 Å². The third kappa shape index (κ3) is 23.1. The van der Waals surface area contributed by atoms with Crippen LogP contribution in [-0.4, -0.2) is 140 Å². The van der Waals surface area contributed by atoms with E-state index in [9.17, 15) is 45.6 Å². The van der Waals surface area contributed by atoms with E-state index in [0.29, 0.717) is 12.8 Å². The number of unbranched alkanes of at least 4 members (excludes halogenated alkanes) is 20. The average Bonchev–Trinajstić information content (AvgIpc) is 3.27. The molecule has 0 spiro atoms. The average molecular weight is 888 g/mol. The fourth-order valence-electron chi connectivity index (χ4n) is 8.09. The van der Waals surface area contributed by atoms with Gasteiger partial charge in [-0.1, -0.05) is 154 Å². The Bertz CT molecular complexity index is 1140. The standard InChI is InChI=1S/C48H89NO13/c1-3-5-7-9-11-13-15-17-18-20-22-24-26-28-30-32-40(53)49-36(37(52)31-29-27-25-23-21-19-16-14-12-10-8-6-4-2)35-59-47-45(58)43(56)46(39(34-51)61-47)62-48-44(57)42(55)41(54)38(33-50)60-48/h11,13,17-18,36-39,41-48,50-52,54-58H,3-10,12,14-16,19-35H2,1-2H3,(H,49,53)/b13-11-,18-17-. The SMILES string of the molecule is CCCCC/C=C\C/C=C\CCCCCCCC(=O)NC(COC1OC(CO)C(OC2OC(CO)C(O)C(O)C2O)C(O)C1O)C(O)CCCCCCCCCCCCCCC. The smallest absolute Gasteiger partial charge is 0.220 e. The third-order valence-corrected chi connectivity index (χ3v) is 12.2. The first-order valence-electron chi connectivity index (χ1n) is 24.6. The van der Waals surface area contributed by atoms with Gasteiger partial charge in [0.2, 0.25) is 5.91 Å². The minimum Gasteiger partial charge on any atom is -0.394 e. The monoisotopic (exact) mass is 888 g/mol. The number of aliphatic hydroxyl groups excluding tert-OH is 8. The highest BCUT2D eigenvalue weighted by molar-refractivity contribution is 5.76. The van der Waals surface area contributed by atoms with Crippen LogP contribution in [0, 0.1) is 0 Å². The summed E-state index contributed by atoms with van der Waals surface area (Å²) in [6.07, 6.45) is 20.3. The van der Waals surface area contributed by atoms with E-state index in [4.69, 9.17) is 18.9 Å². The molecule has 9 N–H and O–H groups in total. The highest BCUT2D eigenvalue weighted by Gasteiger charge is 2.51. The molecule has 2 rings (SSSR count). The van der Waals surface area contributed by atoms with Crippen LogP contribution in [0.5, 0.6) is 0 Å². The Kier molecular flexibility index (Phi) is 32.6. The van der Waals surface area contributed by atoms with Crippen LogP contribution in [0.25, 0.3) is 0 Å². The van der Waals surface area contributed by atoms with E-state index < -0.39 is 86.8 Å². The second-order valence-corrected chi connectivity index (χ2v) is 17.6. The molecule has 62 heavy (non-hydrogen) atoms. The van der Waals surface area contributed by atoms with Gasteiger partial charge >= 0.3 is 0 Å². The number of ether oxygens (including phenoxy) is 4. The largest absolute Gasteiger partial charge is 0.394 e. The topological polar surface area (TPSA) is 228 Å². The highest BCUT2D eigenvalue weighted by Crippen LogP contribution is 2.30. The summed E-state index contributed by atoms with van der Waals surface area (Å²) in [5, 5.41) is 86.7. The van der Waals surface area contributed by atoms with Crippen LogP contribution in [0.3, 0.4) is 0 Å². The molecule has 2 saturated heterocycles. The molecule has 0 aromatic carbocycles. The molecule has 2 aliphatic heterocycles. The number of carbonyl (C=O) groups excluding carboxylic acids is 1. The van der Waals surface area contributed by atoms with Gasteiger partial charge in [-0.15, -0.1) is 0 Å². The molecule has 2 heterocycles. The van der Waals surface area contributed by atoms with Crippen molar-refractivity contribution in [1.29, 1.82) is 0 Å². The summed E-state index contributed by atoms with van der Waals surface area (Å²) in [6.45, 7) is 2.80. The van der Waals surface area contributed by atoms with Gasteiger partial charge < -0.3 is 65.1 Å². The van der Waals surface area contributed by atoms with Crippen LogP contribution in [0.4, 0.5) is 0 Å². The van der Waals surface area contributed by atoms with Gasteiger partial charge in [-0.05, 0) is 44.9 Å². The van der Waals surface area contributed by atoms with Crippen LogP contribution >= 0.6 is 0 Å². The lowest BCUT2D eigenvalue weighted by Crippen LogP contribution is -2.65. The summed E-state index contributed by atoms with van der Waals surface area (Å²) in [5.74, 6) is -0.222. The zero-order chi connectivity index (χ0) is 45.4. The lowest BCUT2D eigenvalue weighted by molar-refractivity contribution is -0.359. The molecule has 0 radical (unpaired) electrons. The fourth-order valence-corrected chi connectivity index (χ4v) is 8.09. The lowest BCUT2D eigenvalue weighted by atomic mass is 9.97. The predicted octanol–water partition coefficient (Wildman–Crippen LogP) is 5.77. The van der Waals surface area contributed by atoms with Crippen LogP contribution < -0.4 is 5.32 Å². The third-order valence-electron chi connectivity index (χ3n) is 12.2. The molecular formula is C48H89NO13. The minimum atomic E-state index is -1.78. The van der Waals surface area contributed by atoms with Crippen molar-refractivity contribution in [2.24, 2.45) is 0 Å². The van der Waals surface area contributed by atoms with Crippen LogP contribution in [0.1, 0.15) is 181 Å². The number of rotatable bonds is 37. The quantitative estimate of drug-likeness (QED) is 0.0267. The Morgan fingerprint density at radius 1 is 0.581 bits per heavy atom. The van der Waals surface area contributed by atoms with Gasteiger partial charge in [-0.3, -0.25) is 4.79 Å². The van der Waals surface area contributed by atoms with Gasteiger partial charge in [0, 0.05) is 6.42 Å². The second kappa shape index (κ2) is 35.7. The van der Waals surface area contributed by atoms with Crippen molar-refractivity contribution in [2.75, 3.05) is 19.8 Å². The molecule has 0 aromatic rings. The van der Waals surface area contributed by atoms with Crippen molar-refractivity contribution >= 4 is 5.91 Å². The Morgan fingerprint density at radius 2 is 1.06 bits per heavy atom. The number of amides is 1. The van der Waals surface area contributed by atoms with E-state index in [0.717, 1.165) is 70.6 Å². The lowest BCUT2D eigenvalue weighted by Gasteiger charge is -2.46. The molecule has 0 aliphatic carbocycles. The number of carbonyl (C=O) groups is 1. The van der Waals surface area contributed by atoms with Crippen LogP contribution in [0.15, 0.2) is 24.3 Å². The van der Waals surface area contributed by atoms with Gasteiger partial charge in [0.05, 0.1) is 32.0 Å². The van der Waals surface area contributed by atoms with E-state index >= 15 is 0 Å². The molecule has 14 nitrogen and oxygen atoms in total. The van der Waals surface area contributed by atoms with Crippen molar-refractivity contribution in [3.63, 3.8) is 0 Å². The number of allylic oxidation sites excluding steroid dienone is 4. The van der Waals surface area contributed by atoms with E-state index in [-0.39, 0.29) is 18.9 Å². The number of nitrogens with one attached hydrogen (secondary N) is 1. The molecule has 12 atom stereocenters. The van der Waals surface area contributed by atoms with Crippen molar-refractivity contribution in [3.8, 4) is 0 Å². The van der Waals surface area contributed by atoms with Crippen LogP contribution in [0.2, 0.25) is 0 Å². The zero-order valence-electron chi connectivity index (χ0n) is 38.4. The summed E-state index contributed by atoms with van der Waals surface area (Å²) in [6, 6.07) is -0.832. The number of aliphatic hydroxyl groups is 8. The van der Waals surface area contributed by atoms with E-state index in [2.05, 4.69) is 43.5 Å². The van der Waals surface area contributed by atoms with E-state index in [1.54, 1.807) is 0 Å². The summed E-state index contributed by atoms with van der Waals surface area (Å²) in [5.41, 5.74) is 0. The normalized spacial score (nSPS) is 27.9. The molecule has 364 valence electrons. The second-order valence-electron chi connectivity index (χ2n) is 17.6. The van der Waals surface area contributed by atoms with Crippen molar-refractivity contribution in [1.82, 2.24) is 5.32 Å². The molecule has 2 fully saturated rings. The predicted molar refractivity (Wildman–Crippen MR) is 240 cm³/mol. The minimum absolute atomic E-state index is 0.222. The highest BCUT2D eigenvalue weighted by atomic mass is 16.7. The van der Waals surface area contributed by atoms with Crippen molar-refractivity contribution in [2.45, 2.75) is 254 Å². The Balaban J connectivity index is 1.86. The Labute approximate surface area is 373 Å². The summed E-state index contributed by atoms with van der Waals surface area (Å²) in [7, 11) is 0. The van der Waals surface area contributed by atoms with Crippen LogP contribution in [-0.2, 0) is 23.7 Å². The zero-order valence-corrected chi connectivity index (χ0v) is 38.4. The maximum atomic E-state index is 13.1. The molecular weight excluding hydrogens is 799 g/mol. The van der Waals surface area contributed by atoms with Gasteiger partial charge in [0.15, 0.2) is 12.6 Å². The molecule has 14 heteroatoms. The molecule has 0 aromatic heterocycles. The molecule has 0 bridgehead atoms. The Hall–Kier alpha value is -1.53. The Morgan fingerprint density at radius 3 is 1.65 bits per heavy atom. The van der Waals surface area contributed by atoms with E-state index in [1.165, 1.54) is 77.0 Å². The molecule has 1 amide bonds. The maximum absolute atomic E-state index is 13.1. The summed E-state index contributed by atoms with van der Waals surface area (Å²) in [4.78, 5) is 13.1. The molecule has 0 saturated carbocycles. The summed E-state index contributed by atoms with van der Waals surface area (Å²) < 4.78 is 22.7. The van der Waals surface area contributed by atoms with Crippen molar-refractivity contribution in [3.05, 3.63) is 24.3 Å². The van der Waals surface area contributed by atoms with Gasteiger partial charge in [-0.2, -0.15) is 0 Å². The fraction of sp³-hybridized carbons (Fsp3) is 0.896. The molecule has 12 unspecified atom stereocenters. The first-order valence-corrected chi connectivity index (χ1v) is 24.6. The number of hydrogen-bond acceptors (Lipinski definition) is 13. The number of hydrogen-bond donors (Lipinski definition) is 9. The molecule has 2 aliphatic rings. The first-order chi connectivity index (χ1) is 30.1. The summed E-state index contributed by atoms with van der Waals surface area (Å²) >= 11 is 0. The van der Waals surface area contributed by atoms with Gasteiger partial charge in [0.25, 0.3) is 0 Å². The van der Waals surface area contributed by atoms with E-state index in [1.807, 2.05) is 0 Å².